The maximum Gasteiger partial charge on any atom is 0.275 e. The maximum absolute atomic E-state index is 12.1. The van der Waals surface area contributed by atoms with E-state index in [2.05, 4.69) is 26.5 Å². The third kappa shape index (κ3) is 5.11. The summed E-state index contributed by atoms with van der Waals surface area (Å²) in [5.41, 5.74) is 4.05. The number of ether oxygens (including phenoxy) is 1. The molecule has 1 amide bonds. The molecule has 0 saturated heterocycles. The Morgan fingerprint density at radius 1 is 1.07 bits per heavy atom. The lowest BCUT2D eigenvalue weighted by molar-refractivity contribution is 0.0952. The van der Waals surface area contributed by atoms with Gasteiger partial charge >= 0.3 is 0 Å². The van der Waals surface area contributed by atoms with Crippen LogP contribution in [-0.4, -0.2) is 22.3 Å². The molecule has 0 aliphatic heterocycles. The first-order valence-electron chi connectivity index (χ1n) is 8.34. The van der Waals surface area contributed by atoms with Gasteiger partial charge in [-0.15, -0.1) is 0 Å². The van der Waals surface area contributed by atoms with Gasteiger partial charge in [0.25, 0.3) is 5.91 Å². The Kier molecular flexibility index (Phi) is 6.29. The Morgan fingerprint density at radius 3 is 2.61 bits per heavy atom. The molecule has 7 heteroatoms. The number of hydrogen-bond acceptors (Lipinski definition) is 5. The molecule has 3 rings (SSSR count). The molecule has 0 bridgehead atoms. The largest absolute Gasteiger partial charge is 0.508 e. The quantitative estimate of drug-likeness (QED) is 0.395. The van der Waals surface area contributed by atoms with Crippen molar-refractivity contribution in [1.29, 1.82) is 0 Å². The smallest absolute Gasteiger partial charge is 0.275 e. The predicted molar refractivity (Wildman–Crippen MR) is 110 cm³/mol. The van der Waals surface area contributed by atoms with Crippen LogP contribution in [0.15, 0.2) is 76.3 Å². The highest BCUT2D eigenvalue weighted by atomic mass is 79.9. The average molecular weight is 441 g/mol. The Morgan fingerprint density at radius 2 is 1.86 bits per heavy atom. The molecule has 3 aromatic carbocycles. The zero-order valence-electron chi connectivity index (χ0n) is 14.7. The van der Waals surface area contributed by atoms with Crippen LogP contribution in [0.2, 0.25) is 0 Å². The predicted octanol–water partition coefficient (Wildman–Crippen LogP) is 4.20. The molecule has 0 aromatic heterocycles. The van der Waals surface area contributed by atoms with Crippen LogP contribution < -0.4 is 10.2 Å². The van der Waals surface area contributed by atoms with Gasteiger partial charge in [0.2, 0.25) is 0 Å². The first kappa shape index (κ1) is 19.4. The fourth-order valence-electron chi connectivity index (χ4n) is 2.42. The highest BCUT2D eigenvalue weighted by molar-refractivity contribution is 9.10. The van der Waals surface area contributed by atoms with Gasteiger partial charge in [0.05, 0.1) is 11.8 Å². The van der Waals surface area contributed by atoms with E-state index < -0.39 is 5.91 Å². The molecule has 6 nitrogen and oxygen atoms in total. The standard InChI is InChI=1S/C21H17BrN2O4/c22-16-6-9-20(28-13-14-4-2-1-3-5-14)15(10-16)12-23-24-21(27)18-8-7-17(25)11-19(18)26/h1-12,25-26H,13H2,(H,24,27)/b23-12+. The fourth-order valence-corrected chi connectivity index (χ4v) is 2.80. The number of amides is 1. The number of hydrazone groups is 1. The van der Waals surface area contributed by atoms with Crippen molar-refractivity contribution in [2.24, 2.45) is 5.10 Å². The lowest BCUT2D eigenvalue weighted by atomic mass is 10.2. The molecule has 0 radical (unpaired) electrons. The van der Waals surface area contributed by atoms with E-state index in [1.807, 2.05) is 48.5 Å². The number of carbonyl (C=O) groups is 1. The summed E-state index contributed by atoms with van der Waals surface area (Å²) in [6.45, 7) is 0.400. The number of nitrogens with one attached hydrogen (secondary N) is 1. The number of aromatic hydroxyl groups is 2. The van der Waals surface area contributed by atoms with Crippen LogP contribution in [0.25, 0.3) is 0 Å². The van der Waals surface area contributed by atoms with Crippen molar-refractivity contribution in [2.45, 2.75) is 6.61 Å². The minimum absolute atomic E-state index is 0.00439. The van der Waals surface area contributed by atoms with Crippen molar-refractivity contribution in [3.05, 3.63) is 87.9 Å². The highest BCUT2D eigenvalue weighted by Gasteiger charge is 2.11. The monoisotopic (exact) mass is 440 g/mol. The summed E-state index contributed by atoms with van der Waals surface area (Å²) in [5, 5.41) is 23.0. The number of phenols is 2. The Bertz CT molecular complexity index is 1010. The van der Waals surface area contributed by atoms with Crippen molar-refractivity contribution in [3.63, 3.8) is 0 Å². The van der Waals surface area contributed by atoms with E-state index in [1.165, 1.54) is 18.3 Å². The minimum Gasteiger partial charge on any atom is -0.508 e. The minimum atomic E-state index is -0.601. The lowest BCUT2D eigenvalue weighted by Gasteiger charge is -2.10. The summed E-state index contributed by atoms with van der Waals surface area (Å²) in [5.74, 6) is -0.457. The molecule has 0 heterocycles. The van der Waals surface area contributed by atoms with E-state index in [1.54, 1.807) is 0 Å². The zero-order valence-corrected chi connectivity index (χ0v) is 16.3. The van der Waals surface area contributed by atoms with Crippen LogP contribution >= 0.6 is 15.9 Å². The second-order valence-electron chi connectivity index (χ2n) is 5.86. The summed E-state index contributed by atoms with van der Waals surface area (Å²) in [6, 6.07) is 18.9. The summed E-state index contributed by atoms with van der Waals surface area (Å²) in [6.07, 6.45) is 1.46. The second kappa shape index (κ2) is 9.05. The van der Waals surface area contributed by atoms with Crippen LogP contribution in [0.1, 0.15) is 21.5 Å². The second-order valence-corrected chi connectivity index (χ2v) is 6.77. The van der Waals surface area contributed by atoms with E-state index in [-0.39, 0.29) is 17.1 Å². The molecule has 0 spiro atoms. The van der Waals surface area contributed by atoms with Crippen molar-refractivity contribution in [2.75, 3.05) is 0 Å². The van der Waals surface area contributed by atoms with Crippen LogP contribution in [0.5, 0.6) is 17.2 Å². The van der Waals surface area contributed by atoms with Crippen molar-refractivity contribution < 1.29 is 19.7 Å². The molecular weight excluding hydrogens is 424 g/mol. The molecule has 3 aromatic rings. The van der Waals surface area contributed by atoms with Crippen LogP contribution in [0.3, 0.4) is 0 Å². The normalized spacial score (nSPS) is 10.8. The van der Waals surface area contributed by atoms with Gasteiger partial charge in [0.1, 0.15) is 23.9 Å². The molecule has 0 saturated carbocycles. The van der Waals surface area contributed by atoms with E-state index in [4.69, 9.17) is 4.74 Å². The van der Waals surface area contributed by atoms with Crippen molar-refractivity contribution >= 4 is 28.1 Å². The Hall–Kier alpha value is -3.32. The number of nitrogens with zero attached hydrogens (tertiary/aromatic N) is 1. The highest BCUT2D eigenvalue weighted by Crippen LogP contribution is 2.24. The molecule has 142 valence electrons. The van der Waals surface area contributed by atoms with E-state index in [0.29, 0.717) is 17.9 Å². The van der Waals surface area contributed by atoms with E-state index in [0.717, 1.165) is 16.1 Å². The summed E-state index contributed by atoms with van der Waals surface area (Å²) < 4.78 is 6.70. The Balaban J connectivity index is 1.70. The first-order valence-corrected chi connectivity index (χ1v) is 9.14. The lowest BCUT2D eigenvalue weighted by Crippen LogP contribution is -2.17. The summed E-state index contributed by atoms with van der Waals surface area (Å²) >= 11 is 3.40. The van der Waals surface area contributed by atoms with Gasteiger partial charge in [0.15, 0.2) is 0 Å². The van der Waals surface area contributed by atoms with Gasteiger partial charge < -0.3 is 14.9 Å². The zero-order chi connectivity index (χ0) is 19.9. The molecule has 3 N–H and O–H groups in total. The maximum atomic E-state index is 12.1. The number of hydrogen-bond donors (Lipinski definition) is 3. The number of benzene rings is 3. The average Bonchev–Trinajstić information content (AvgIpc) is 2.68. The van der Waals surface area contributed by atoms with E-state index >= 15 is 0 Å². The van der Waals surface area contributed by atoms with Crippen molar-refractivity contribution in [3.8, 4) is 17.2 Å². The van der Waals surface area contributed by atoms with Gasteiger partial charge in [0, 0.05) is 16.1 Å². The molecule has 0 unspecified atom stereocenters. The van der Waals surface area contributed by atoms with Crippen LogP contribution in [-0.2, 0) is 6.61 Å². The number of carbonyl (C=O) groups excluding carboxylic acids is 1. The molecule has 28 heavy (non-hydrogen) atoms. The first-order chi connectivity index (χ1) is 13.5. The van der Waals surface area contributed by atoms with Crippen LogP contribution in [0, 0.1) is 0 Å². The molecule has 0 atom stereocenters. The van der Waals surface area contributed by atoms with E-state index in [9.17, 15) is 15.0 Å². The van der Waals surface area contributed by atoms with Gasteiger partial charge in [-0.05, 0) is 35.9 Å². The number of halogens is 1. The fraction of sp³-hybridized carbons (Fsp3) is 0.0476. The van der Waals surface area contributed by atoms with Crippen molar-refractivity contribution in [1.82, 2.24) is 5.43 Å². The number of phenolic OH excluding ortho intramolecular Hbond substituents is 2. The molecule has 0 aliphatic carbocycles. The van der Waals surface area contributed by atoms with Gasteiger partial charge in [-0.25, -0.2) is 5.43 Å². The third-order valence-electron chi connectivity index (χ3n) is 3.80. The number of rotatable bonds is 6. The van der Waals surface area contributed by atoms with Gasteiger partial charge in [-0.2, -0.15) is 5.10 Å². The third-order valence-corrected chi connectivity index (χ3v) is 4.30. The molecular formula is C21H17BrN2O4. The van der Waals surface area contributed by atoms with Gasteiger partial charge in [-0.3, -0.25) is 4.79 Å². The summed E-state index contributed by atoms with van der Waals surface area (Å²) in [4.78, 5) is 12.1. The topological polar surface area (TPSA) is 91.2 Å². The Labute approximate surface area is 170 Å². The van der Waals surface area contributed by atoms with Crippen LogP contribution in [0.4, 0.5) is 0 Å². The van der Waals surface area contributed by atoms with Gasteiger partial charge in [-0.1, -0.05) is 46.3 Å². The SMILES string of the molecule is O=C(N/N=C/c1cc(Br)ccc1OCc1ccccc1)c1ccc(O)cc1O. The molecule has 0 aliphatic rings. The molecule has 0 fully saturated rings. The summed E-state index contributed by atoms with van der Waals surface area (Å²) in [7, 11) is 0.